The summed E-state index contributed by atoms with van der Waals surface area (Å²) in [6, 6.07) is 7.96. The fourth-order valence-electron chi connectivity index (χ4n) is 2.93. The second-order valence-corrected chi connectivity index (χ2v) is 6.56. The number of aliphatic hydroxyl groups excluding tert-OH is 1. The fourth-order valence-corrected chi connectivity index (χ4v) is 3.35. The molecule has 3 rings (SSSR count). The topological polar surface area (TPSA) is 74.2 Å². The molecule has 2 aliphatic heterocycles. The average molecular weight is 422 g/mol. The number of aliphatic hydroxyl groups is 1. The lowest BCUT2D eigenvalue weighted by Crippen LogP contribution is -2.39. The van der Waals surface area contributed by atoms with Gasteiger partial charge in [-0.3, -0.25) is 5.01 Å². The standard InChI is InChI=1S/C17H18BrN3O3.C2H6/c1-9-15(16(22)17(23)24-3)10(2)21-14(19-9)8-13(20-21)11-5-4-6-12(18)7-11;1-2/h4-8,13,16,20,22H,1-3H3;1-2H3. The van der Waals surface area contributed by atoms with Crippen LogP contribution >= 0.6 is 15.9 Å². The van der Waals surface area contributed by atoms with Crippen LogP contribution in [0.4, 0.5) is 0 Å². The van der Waals surface area contributed by atoms with Gasteiger partial charge in [0.2, 0.25) is 0 Å². The van der Waals surface area contributed by atoms with Crippen molar-refractivity contribution in [2.24, 2.45) is 4.99 Å². The average Bonchev–Trinajstić information content (AvgIpc) is 3.07. The lowest BCUT2D eigenvalue weighted by Gasteiger charge is -2.30. The predicted molar refractivity (Wildman–Crippen MR) is 105 cm³/mol. The van der Waals surface area contributed by atoms with E-state index in [1.165, 1.54) is 7.11 Å². The molecule has 0 radical (unpaired) electrons. The lowest BCUT2D eigenvalue weighted by atomic mass is 10.0. The maximum atomic E-state index is 11.7. The zero-order valence-electron chi connectivity index (χ0n) is 15.6. The molecule has 0 amide bonds. The minimum absolute atomic E-state index is 0.0429. The Balaban J connectivity index is 0.00000117. The van der Waals surface area contributed by atoms with Gasteiger partial charge in [-0.15, -0.1) is 0 Å². The van der Waals surface area contributed by atoms with E-state index in [1.54, 1.807) is 11.9 Å². The van der Waals surface area contributed by atoms with Gasteiger partial charge < -0.3 is 9.84 Å². The van der Waals surface area contributed by atoms with Crippen LogP contribution in [-0.4, -0.2) is 35.0 Å². The van der Waals surface area contributed by atoms with Gasteiger partial charge in [0, 0.05) is 21.5 Å². The molecule has 2 N–H and O–H groups in total. The van der Waals surface area contributed by atoms with Crippen LogP contribution in [-0.2, 0) is 9.53 Å². The summed E-state index contributed by atoms with van der Waals surface area (Å²) in [6.07, 6.45) is 0.655. The number of aliphatic imine (C=N–C) groups is 1. The summed E-state index contributed by atoms with van der Waals surface area (Å²) in [4.78, 5) is 16.2. The number of fused-ring (bicyclic) bond motifs is 1. The Morgan fingerprint density at radius 1 is 1.38 bits per heavy atom. The van der Waals surface area contributed by atoms with E-state index >= 15 is 0 Å². The molecule has 140 valence electrons. The van der Waals surface area contributed by atoms with Gasteiger partial charge in [0.25, 0.3) is 0 Å². The van der Waals surface area contributed by atoms with E-state index in [0.717, 1.165) is 21.6 Å². The molecule has 0 spiro atoms. The van der Waals surface area contributed by atoms with Crippen molar-refractivity contribution in [2.45, 2.75) is 39.8 Å². The molecule has 2 unspecified atom stereocenters. The monoisotopic (exact) mass is 421 g/mol. The van der Waals surface area contributed by atoms with Crippen molar-refractivity contribution in [3.05, 3.63) is 57.5 Å². The molecule has 2 atom stereocenters. The van der Waals surface area contributed by atoms with Crippen LogP contribution in [0.2, 0.25) is 0 Å². The molecular formula is C19H24BrN3O3. The van der Waals surface area contributed by atoms with Crippen molar-refractivity contribution in [3.63, 3.8) is 0 Å². The molecule has 0 fully saturated rings. The second-order valence-electron chi connectivity index (χ2n) is 5.64. The number of ether oxygens (including phenoxy) is 1. The minimum atomic E-state index is -1.35. The lowest BCUT2D eigenvalue weighted by molar-refractivity contribution is -0.148. The first kappa shape index (κ1) is 20.4. The highest BCUT2D eigenvalue weighted by molar-refractivity contribution is 9.10. The van der Waals surface area contributed by atoms with Crippen molar-refractivity contribution in [1.82, 2.24) is 10.4 Å². The van der Waals surface area contributed by atoms with E-state index in [2.05, 4.69) is 31.1 Å². The summed E-state index contributed by atoms with van der Waals surface area (Å²) < 4.78 is 5.64. The van der Waals surface area contributed by atoms with Crippen molar-refractivity contribution < 1.29 is 14.6 Å². The quantitative estimate of drug-likeness (QED) is 0.730. The molecule has 0 aromatic heterocycles. The van der Waals surface area contributed by atoms with Gasteiger partial charge in [0.05, 0.1) is 13.2 Å². The molecule has 2 aliphatic rings. The molecule has 26 heavy (non-hydrogen) atoms. The van der Waals surface area contributed by atoms with Crippen LogP contribution < -0.4 is 5.43 Å². The summed E-state index contributed by atoms with van der Waals surface area (Å²) in [6.45, 7) is 7.61. The molecule has 2 heterocycles. The number of carbonyl (C=O) groups excluding carboxylic acids is 1. The first-order valence-electron chi connectivity index (χ1n) is 8.48. The maximum Gasteiger partial charge on any atom is 0.339 e. The maximum absolute atomic E-state index is 11.7. The van der Waals surface area contributed by atoms with E-state index in [0.29, 0.717) is 11.3 Å². The van der Waals surface area contributed by atoms with Crippen molar-refractivity contribution in [2.75, 3.05) is 7.11 Å². The number of nitrogens with zero attached hydrogens (tertiary/aromatic N) is 2. The third-order valence-corrected chi connectivity index (χ3v) is 4.61. The van der Waals surface area contributed by atoms with Crippen LogP contribution in [0.5, 0.6) is 0 Å². The zero-order valence-corrected chi connectivity index (χ0v) is 17.2. The van der Waals surface area contributed by atoms with Crippen molar-refractivity contribution in [3.8, 4) is 0 Å². The number of rotatable bonds is 3. The van der Waals surface area contributed by atoms with Crippen LogP contribution in [0.1, 0.15) is 39.3 Å². The summed E-state index contributed by atoms with van der Waals surface area (Å²) >= 11 is 3.48. The third kappa shape index (κ3) is 3.90. The van der Waals surface area contributed by atoms with E-state index < -0.39 is 12.1 Å². The summed E-state index contributed by atoms with van der Waals surface area (Å²) in [7, 11) is 1.25. The Labute approximate surface area is 162 Å². The number of halogens is 1. The fraction of sp³-hybridized carbons (Fsp3) is 0.368. The Bertz CT molecular complexity index is 786. The van der Waals surface area contributed by atoms with Crippen LogP contribution in [0, 0.1) is 0 Å². The highest BCUT2D eigenvalue weighted by Crippen LogP contribution is 2.34. The van der Waals surface area contributed by atoms with E-state index in [4.69, 9.17) is 0 Å². The molecule has 0 saturated heterocycles. The smallest absolute Gasteiger partial charge is 0.339 e. The van der Waals surface area contributed by atoms with Gasteiger partial charge >= 0.3 is 5.97 Å². The molecule has 6 nitrogen and oxygen atoms in total. The molecule has 0 saturated carbocycles. The number of carbonyl (C=O) groups is 1. The summed E-state index contributed by atoms with van der Waals surface area (Å²) in [5.41, 5.74) is 6.21. The number of methoxy groups -OCH3 is 1. The molecule has 1 aromatic rings. The predicted octanol–water partition coefficient (Wildman–Crippen LogP) is 3.46. The molecule has 7 heteroatoms. The van der Waals surface area contributed by atoms with Crippen LogP contribution in [0.3, 0.4) is 0 Å². The van der Waals surface area contributed by atoms with Crippen molar-refractivity contribution >= 4 is 27.6 Å². The van der Waals surface area contributed by atoms with E-state index in [9.17, 15) is 9.90 Å². The third-order valence-electron chi connectivity index (χ3n) is 4.12. The number of benzene rings is 1. The number of hydrogen-bond donors (Lipinski definition) is 2. The van der Waals surface area contributed by atoms with Crippen molar-refractivity contribution in [1.29, 1.82) is 0 Å². The van der Waals surface area contributed by atoms with Gasteiger partial charge in [-0.1, -0.05) is 41.9 Å². The number of hydrogen-bond acceptors (Lipinski definition) is 6. The number of allylic oxidation sites excluding steroid dienone is 1. The number of nitrogens with one attached hydrogen (secondary N) is 1. The van der Waals surface area contributed by atoms with Crippen LogP contribution in [0.25, 0.3) is 0 Å². The Morgan fingerprint density at radius 2 is 2.08 bits per heavy atom. The minimum Gasteiger partial charge on any atom is -0.467 e. The van der Waals surface area contributed by atoms with Gasteiger partial charge in [-0.25, -0.2) is 15.2 Å². The van der Waals surface area contributed by atoms with Gasteiger partial charge in [-0.05, 0) is 37.6 Å². The molecule has 1 aromatic carbocycles. The first-order valence-corrected chi connectivity index (χ1v) is 9.27. The Morgan fingerprint density at radius 3 is 2.69 bits per heavy atom. The molecular weight excluding hydrogens is 398 g/mol. The first-order chi connectivity index (χ1) is 12.4. The Kier molecular flexibility index (Phi) is 6.75. The highest BCUT2D eigenvalue weighted by Gasteiger charge is 2.34. The molecule has 0 bridgehead atoms. The summed E-state index contributed by atoms with van der Waals surface area (Å²) in [5, 5.41) is 12.0. The molecule has 0 aliphatic carbocycles. The SMILES string of the molecule is CC.COC(=O)C(O)C1=C(C)N2NC(c3cccc(Br)c3)C=C2N=C1C. The van der Waals surface area contributed by atoms with Crippen LogP contribution in [0.15, 0.2) is 56.9 Å². The number of hydrazine groups is 1. The zero-order chi connectivity index (χ0) is 19.4. The largest absolute Gasteiger partial charge is 0.467 e. The number of esters is 1. The normalized spacial score (nSPS) is 19.8. The highest BCUT2D eigenvalue weighted by atomic mass is 79.9. The Hall–Kier alpha value is -1.96. The van der Waals surface area contributed by atoms with Gasteiger partial charge in [-0.2, -0.15) is 0 Å². The summed E-state index contributed by atoms with van der Waals surface area (Å²) in [5.74, 6) is 0.0462. The van der Waals surface area contributed by atoms with Gasteiger partial charge in [0.15, 0.2) is 6.10 Å². The second kappa shape index (κ2) is 8.62. The van der Waals surface area contributed by atoms with E-state index in [-0.39, 0.29) is 6.04 Å². The van der Waals surface area contributed by atoms with Gasteiger partial charge in [0.1, 0.15) is 5.82 Å². The van der Waals surface area contributed by atoms with E-state index in [1.807, 2.05) is 51.1 Å².